The molecule has 154 valence electrons. The lowest BCUT2D eigenvalue weighted by atomic mass is 9.69. The molecule has 1 rings (SSSR count). The van der Waals surface area contributed by atoms with Gasteiger partial charge in [0.1, 0.15) is 17.7 Å². The number of hydrogen-bond acceptors (Lipinski definition) is 6. The number of ether oxygens (including phenoxy) is 2. The predicted octanol–water partition coefficient (Wildman–Crippen LogP) is 6.71. The van der Waals surface area contributed by atoms with Crippen molar-refractivity contribution in [1.82, 2.24) is 4.98 Å². The van der Waals surface area contributed by atoms with E-state index in [9.17, 15) is 4.79 Å². The Morgan fingerprint density at radius 2 is 1.67 bits per heavy atom. The largest absolute Gasteiger partial charge is 0.508 e. The first-order chi connectivity index (χ1) is 12.4. The molecule has 0 saturated carbocycles. The highest BCUT2D eigenvalue weighted by Gasteiger charge is 2.39. The van der Waals surface area contributed by atoms with Gasteiger partial charge in [0.15, 0.2) is 0 Å². The summed E-state index contributed by atoms with van der Waals surface area (Å²) in [7, 11) is 3.19. The molecule has 0 radical (unpaired) electrons. The van der Waals surface area contributed by atoms with Gasteiger partial charge in [-0.1, -0.05) is 72.3 Å². The second-order valence-corrected chi connectivity index (χ2v) is 11.5. The first kappa shape index (κ1) is 24.2. The van der Waals surface area contributed by atoms with Crippen LogP contribution in [0.25, 0.3) is 0 Å². The normalized spacial score (nSPS) is 14.7. The summed E-state index contributed by atoms with van der Waals surface area (Å²) < 4.78 is 11.1. The molecular weight excluding hydrogens is 378 g/mol. The van der Waals surface area contributed by atoms with Gasteiger partial charge in [-0.3, -0.25) is 0 Å². The molecule has 4 nitrogen and oxygen atoms in total. The molecule has 0 aliphatic rings. The average molecular weight is 414 g/mol. The Balaban J connectivity index is 2.51. The lowest BCUT2D eigenvalue weighted by Crippen LogP contribution is -2.42. The summed E-state index contributed by atoms with van der Waals surface area (Å²) in [4.78, 5) is 16.5. The molecule has 0 saturated heterocycles. The van der Waals surface area contributed by atoms with Crippen molar-refractivity contribution in [1.29, 1.82) is 0 Å². The third-order valence-corrected chi connectivity index (χ3v) is 7.35. The molecule has 0 N–H and O–H groups in total. The van der Waals surface area contributed by atoms with E-state index in [0.717, 1.165) is 5.03 Å². The van der Waals surface area contributed by atoms with E-state index in [-0.39, 0.29) is 28.8 Å². The van der Waals surface area contributed by atoms with E-state index in [4.69, 9.17) is 9.47 Å². The smallest absolute Gasteiger partial charge is 0.433 e. The van der Waals surface area contributed by atoms with E-state index in [1.54, 1.807) is 27.8 Å². The molecule has 6 heteroatoms. The molecule has 27 heavy (non-hydrogen) atoms. The molecule has 0 unspecified atom stereocenters. The molecule has 0 aromatic carbocycles. The van der Waals surface area contributed by atoms with E-state index in [2.05, 4.69) is 60.4 Å². The monoisotopic (exact) mass is 413 g/mol. The van der Waals surface area contributed by atoms with Crippen LogP contribution in [0, 0.1) is 22.7 Å². The fourth-order valence-electron chi connectivity index (χ4n) is 2.43. The maximum atomic E-state index is 12.3. The van der Waals surface area contributed by atoms with Crippen molar-refractivity contribution in [2.45, 2.75) is 66.5 Å². The van der Waals surface area contributed by atoms with Gasteiger partial charge in [0.05, 0.1) is 0 Å². The van der Waals surface area contributed by atoms with E-state index in [1.807, 2.05) is 18.2 Å². The van der Waals surface area contributed by atoms with Crippen molar-refractivity contribution in [2.75, 3.05) is 12.4 Å². The van der Waals surface area contributed by atoms with Gasteiger partial charge in [0, 0.05) is 11.9 Å². The van der Waals surface area contributed by atoms with E-state index in [0.29, 0.717) is 12.4 Å². The first-order valence-corrected chi connectivity index (χ1v) is 11.8. The Morgan fingerprint density at radius 1 is 1.07 bits per heavy atom. The average Bonchev–Trinajstić information content (AvgIpc) is 2.57. The molecule has 0 aliphatic carbocycles. The van der Waals surface area contributed by atoms with Gasteiger partial charge in [-0.25, -0.2) is 9.78 Å². The van der Waals surface area contributed by atoms with Crippen molar-refractivity contribution in [3.63, 3.8) is 0 Å². The van der Waals surface area contributed by atoms with Crippen LogP contribution in [0.2, 0.25) is 0 Å². The van der Waals surface area contributed by atoms with Crippen molar-refractivity contribution in [2.24, 2.45) is 22.7 Å². The number of pyridine rings is 1. The number of hydrogen-bond donors (Lipinski definition) is 0. The molecule has 0 fully saturated rings. The van der Waals surface area contributed by atoms with Gasteiger partial charge in [0.25, 0.3) is 0 Å². The maximum absolute atomic E-state index is 12.3. The van der Waals surface area contributed by atoms with Crippen LogP contribution in [-0.2, 0) is 9.47 Å². The van der Waals surface area contributed by atoms with Gasteiger partial charge in [0.2, 0.25) is 0 Å². The highest BCUT2D eigenvalue weighted by atomic mass is 33.1. The Morgan fingerprint density at radius 3 is 2.15 bits per heavy atom. The minimum atomic E-state index is -0.573. The van der Waals surface area contributed by atoms with Crippen molar-refractivity contribution < 1.29 is 14.3 Å². The van der Waals surface area contributed by atoms with Crippen molar-refractivity contribution in [3.05, 3.63) is 24.4 Å². The number of rotatable bonds is 8. The molecule has 0 spiro atoms. The van der Waals surface area contributed by atoms with Crippen LogP contribution in [0.15, 0.2) is 29.4 Å². The molecule has 2 atom stereocenters. The summed E-state index contributed by atoms with van der Waals surface area (Å²) in [6, 6.07) is 5.80. The second kappa shape index (κ2) is 10.6. The van der Waals surface area contributed by atoms with Crippen LogP contribution < -0.4 is 0 Å². The van der Waals surface area contributed by atoms with Gasteiger partial charge in [-0.05, 0) is 45.6 Å². The Hall–Kier alpha value is -0.880. The Labute approximate surface area is 173 Å². The molecular formula is C21H35NO3S2. The van der Waals surface area contributed by atoms with Gasteiger partial charge < -0.3 is 9.47 Å². The van der Waals surface area contributed by atoms with Crippen LogP contribution in [-0.4, -0.2) is 29.6 Å². The standard InChI is InChI=1S/C21H35NO3S2/c1-15(20(3,4)5)18(16(2)21(6,7)8)25-19(23)24-13-14-26-27-17-11-9-10-12-22-17/h9-12,15-16,18H,13-14H2,1-8H3/t15-,16-/m1/s1. The number of aromatic nitrogens is 1. The zero-order valence-electron chi connectivity index (χ0n) is 17.9. The molecule has 1 aromatic rings. The maximum Gasteiger partial charge on any atom is 0.508 e. The van der Waals surface area contributed by atoms with Crippen LogP contribution in [0.4, 0.5) is 4.79 Å². The van der Waals surface area contributed by atoms with Crippen molar-refractivity contribution >= 4 is 27.7 Å². The minimum Gasteiger partial charge on any atom is -0.433 e. The fraction of sp³-hybridized carbons (Fsp3) is 0.714. The summed E-state index contributed by atoms with van der Waals surface area (Å²) in [5, 5.41) is 0.947. The second-order valence-electron chi connectivity index (χ2n) is 9.06. The highest BCUT2D eigenvalue weighted by Crippen LogP contribution is 2.39. The summed E-state index contributed by atoms with van der Waals surface area (Å²) in [6.07, 6.45) is 1.01. The number of nitrogens with zero attached hydrogens (tertiary/aromatic N) is 1. The third-order valence-electron chi connectivity index (χ3n) is 5.12. The van der Waals surface area contributed by atoms with Crippen molar-refractivity contribution in [3.8, 4) is 0 Å². The van der Waals surface area contributed by atoms with Crippen LogP contribution >= 0.6 is 21.6 Å². The van der Waals surface area contributed by atoms with Gasteiger partial charge in [-0.2, -0.15) is 0 Å². The van der Waals surface area contributed by atoms with Crippen LogP contribution in [0.3, 0.4) is 0 Å². The quantitative estimate of drug-likeness (QED) is 0.268. The molecule has 0 bridgehead atoms. The Kier molecular flexibility index (Phi) is 9.49. The molecule has 0 aliphatic heterocycles. The molecule has 1 aromatic heterocycles. The Bertz CT molecular complexity index is 547. The summed E-state index contributed by atoms with van der Waals surface area (Å²) in [5.41, 5.74) is 0.0826. The summed E-state index contributed by atoms with van der Waals surface area (Å²) >= 11 is 0. The van der Waals surface area contributed by atoms with Gasteiger partial charge >= 0.3 is 6.16 Å². The number of carbonyl (C=O) groups is 1. The lowest BCUT2D eigenvalue weighted by Gasteiger charge is -2.41. The van der Waals surface area contributed by atoms with Gasteiger partial charge in [-0.15, -0.1) is 0 Å². The first-order valence-electron chi connectivity index (χ1n) is 9.47. The molecule has 1 heterocycles. The highest BCUT2D eigenvalue weighted by molar-refractivity contribution is 8.76. The third kappa shape index (κ3) is 8.77. The van der Waals surface area contributed by atoms with E-state index in [1.165, 1.54) is 0 Å². The van der Waals surface area contributed by atoms with Crippen LogP contribution in [0.5, 0.6) is 0 Å². The fourth-order valence-corrected chi connectivity index (χ4v) is 4.13. The molecule has 0 amide bonds. The lowest BCUT2D eigenvalue weighted by molar-refractivity contribution is -0.0600. The zero-order chi connectivity index (χ0) is 20.7. The predicted molar refractivity (Wildman–Crippen MR) is 116 cm³/mol. The minimum absolute atomic E-state index is 0.0413. The SMILES string of the molecule is C[C@H](C(OC(=O)OCCSSc1ccccn1)[C@@H](C)C(C)(C)C)C(C)(C)C. The topological polar surface area (TPSA) is 48.4 Å². The number of carbonyl (C=O) groups excluding carboxylic acids is 1. The van der Waals surface area contributed by atoms with Crippen LogP contribution in [0.1, 0.15) is 55.4 Å². The summed E-state index contributed by atoms with van der Waals surface area (Å²) in [6.45, 7) is 17.7. The van der Waals surface area contributed by atoms with E-state index >= 15 is 0 Å². The summed E-state index contributed by atoms with van der Waals surface area (Å²) in [5.74, 6) is 1.12. The zero-order valence-corrected chi connectivity index (χ0v) is 19.6. The van der Waals surface area contributed by atoms with E-state index < -0.39 is 6.16 Å².